The van der Waals surface area contributed by atoms with E-state index in [1.807, 2.05) is 0 Å². The number of carbonyl (C=O) groups excluding carboxylic acids is 1. The standard InChI is InChI=1S/C20H32N2O3S/c1-15(2)26(24,25)18-10-8-17(9-11-18)19(23)21-14-20(4,5)22-12-6-7-16(3)13-22/h8-11,15-16H,6-7,12-14H2,1-5H3,(H,21,23). The number of carbonyl (C=O) groups is 1. The highest BCUT2D eigenvalue weighted by Gasteiger charge is 2.30. The van der Waals surface area contributed by atoms with Gasteiger partial charge in [0.1, 0.15) is 0 Å². The molecule has 1 aromatic rings. The Morgan fingerprint density at radius 2 is 1.88 bits per heavy atom. The number of hydrogen-bond donors (Lipinski definition) is 1. The molecule has 1 aliphatic heterocycles. The second-order valence-electron chi connectivity index (χ2n) is 8.31. The number of rotatable bonds is 6. The summed E-state index contributed by atoms with van der Waals surface area (Å²) in [5.74, 6) is 0.519. The molecule has 1 N–H and O–H groups in total. The van der Waals surface area contributed by atoms with Gasteiger partial charge in [-0.1, -0.05) is 6.92 Å². The van der Waals surface area contributed by atoms with Gasteiger partial charge in [-0.25, -0.2) is 8.42 Å². The molecule has 1 amide bonds. The normalized spacial score (nSPS) is 19.5. The van der Waals surface area contributed by atoms with Crippen molar-refractivity contribution in [3.05, 3.63) is 29.8 Å². The second-order valence-corrected chi connectivity index (χ2v) is 10.8. The Morgan fingerprint density at radius 1 is 1.27 bits per heavy atom. The smallest absolute Gasteiger partial charge is 0.251 e. The molecule has 1 fully saturated rings. The third-order valence-corrected chi connectivity index (χ3v) is 7.43. The molecule has 5 nitrogen and oxygen atoms in total. The molecule has 1 aromatic carbocycles. The van der Waals surface area contributed by atoms with E-state index in [4.69, 9.17) is 0 Å². The van der Waals surface area contributed by atoms with Crippen molar-refractivity contribution in [3.8, 4) is 0 Å². The fraction of sp³-hybridized carbons (Fsp3) is 0.650. The summed E-state index contributed by atoms with van der Waals surface area (Å²) in [5, 5.41) is 2.53. The van der Waals surface area contributed by atoms with Gasteiger partial charge in [0.25, 0.3) is 5.91 Å². The van der Waals surface area contributed by atoms with Crippen LogP contribution in [0.4, 0.5) is 0 Å². The topological polar surface area (TPSA) is 66.5 Å². The van der Waals surface area contributed by atoms with Crippen molar-refractivity contribution in [2.75, 3.05) is 19.6 Å². The van der Waals surface area contributed by atoms with Crippen molar-refractivity contribution in [2.24, 2.45) is 5.92 Å². The maximum atomic E-state index is 12.5. The van der Waals surface area contributed by atoms with Gasteiger partial charge in [-0.3, -0.25) is 9.69 Å². The maximum Gasteiger partial charge on any atom is 0.251 e. The molecule has 0 radical (unpaired) electrons. The van der Waals surface area contributed by atoms with E-state index in [0.29, 0.717) is 18.0 Å². The van der Waals surface area contributed by atoms with Gasteiger partial charge in [0, 0.05) is 24.2 Å². The van der Waals surface area contributed by atoms with Gasteiger partial charge in [0.15, 0.2) is 9.84 Å². The lowest BCUT2D eigenvalue weighted by atomic mass is 9.93. The van der Waals surface area contributed by atoms with Gasteiger partial charge in [-0.2, -0.15) is 0 Å². The quantitative estimate of drug-likeness (QED) is 0.823. The van der Waals surface area contributed by atoms with Crippen LogP contribution in [0.5, 0.6) is 0 Å². The Balaban J connectivity index is 1.99. The van der Waals surface area contributed by atoms with Gasteiger partial charge < -0.3 is 5.32 Å². The van der Waals surface area contributed by atoms with Crippen molar-refractivity contribution >= 4 is 15.7 Å². The number of nitrogens with one attached hydrogen (secondary N) is 1. The van der Waals surface area contributed by atoms with Crippen LogP contribution < -0.4 is 5.32 Å². The highest BCUT2D eigenvalue weighted by molar-refractivity contribution is 7.92. The molecule has 0 aliphatic carbocycles. The molecule has 1 heterocycles. The number of hydrogen-bond acceptors (Lipinski definition) is 4. The fourth-order valence-electron chi connectivity index (χ4n) is 3.32. The third kappa shape index (κ3) is 4.86. The molecule has 1 aliphatic rings. The van der Waals surface area contributed by atoms with Crippen LogP contribution in [-0.2, 0) is 9.84 Å². The van der Waals surface area contributed by atoms with Gasteiger partial charge in [0.05, 0.1) is 10.1 Å². The molecule has 2 rings (SSSR count). The highest BCUT2D eigenvalue weighted by Crippen LogP contribution is 2.23. The van der Waals surface area contributed by atoms with Crippen LogP contribution in [-0.4, -0.2) is 49.6 Å². The predicted octanol–water partition coefficient (Wildman–Crippen LogP) is 3.11. The number of piperidine rings is 1. The van der Waals surface area contributed by atoms with Gasteiger partial charge in [-0.05, 0) is 77.3 Å². The Labute approximate surface area is 158 Å². The van der Waals surface area contributed by atoms with Crippen molar-refractivity contribution in [2.45, 2.75) is 63.1 Å². The molecule has 0 bridgehead atoms. The average molecular weight is 381 g/mol. The van der Waals surface area contributed by atoms with Gasteiger partial charge >= 0.3 is 0 Å². The number of amides is 1. The molecule has 1 atom stereocenters. The van der Waals surface area contributed by atoms with E-state index in [-0.39, 0.29) is 16.3 Å². The highest BCUT2D eigenvalue weighted by atomic mass is 32.2. The van der Waals surface area contributed by atoms with Crippen LogP contribution in [0.3, 0.4) is 0 Å². The Kier molecular flexibility index (Phi) is 6.51. The first-order valence-electron chi connectivity index (χ1n) is 9.41. The van der Waals surface area contributed by atoms with Crippen molar-refractivity contribution in [1.82, 2.24) is 10.2 Å². The number of sulfone groups is 1. The van der Waals surface area contributed by atoms with Crippen LogP contribution in [0.25, 0.3) is 0 Å². The zero-order chi connectivity index (χ0) is 19.5. The van der Waals surface area contributed by atoms with E-state index in [0.717, 1.165) is 13.1 Å². The molecule has 0 spiro atoms. The summed E-state index contributed by atoms with van der Waals surface area (Å²) in [5.41, 5.74) is 0.376. The summed E-state index contributed by atoms with van der Waals surface area (Å²) in [6.45, 7) is 12.6. The number of nitrogens with zero attached hydrogens (tertiary/aromatic N) is 1. The summed E-state index contributed by atoms with van der Waals surface area (Å²) in [7, 11) is -3.31. The molecule has 0 aromatic heterocycles. The Bertz CT molecular complexity index is 724. The minimum atomic E-state index is -3.31. The van der Waals surface area contributed by atoms with Crippen molar-refractivity contribution in [1.29, 1.82) is 0 Å². The first-order valence-corrected chi connectivity index (χ1v) is 11.0. The van der Waals surface area contributed by atoms with E-state index in [2.05, 4.69) is 31.0 Å². The van der Waals surface area contributed by atoms with Crippen LogP contribution in [0.2, 0.25) is 0 Å². The second kappa shape index (κ2) is 8.09. The molecule has 0 saturated carbocycles. The lowest BCUT2D eigenvalue weighted by Gasteiger charge is -2.43. The Hall–Kier alpha value is -1.40. The van der Waals surface area contributed by atoms with Gasteiger partial charge in [-0.15, -0.1) is 0 Å². The summed E-state index contributed by atoms with van der Waals surface area (Å²) in [4.78, 5) is 15.2. The van der Waals surface area contributed by atoms with Crippen LogP contribution in [0.15, 0.2) is 29.2 Å². The first-order chi connectivity index (χ1) is 12.0. The molecule has 6 heteroatoms. The summed E-state index contributed by atoms with van der Waals surface area (Å²) < 4.78 is 24.3. The minimum Gasteiger partial charge on any atom is -0.350 e. The average Bonchev–Trinajstić information content (AvgIpc) is 2.59. The number of likely N-dealkylation sites (tertiary alicyclic amines) is 1. The first kappa shape index (κ1) is 20.9. The summed E-state index contributed by atoms with van der Waals surface area (Å²) >= 11 is 0. The van der Waals surface area contributed by atoms with Crippen LogP contribution in [0.1, 0.15) is 57.8 Å². The van der Waals surface area contributed by atoms with Crippen LogP contribution >= 0.6 is 0 Å². The van der Waals surface area contributed by atoms with E-state index in [1.165, 1.54) is 25.0 Å². The molecular formula is C20H32N2O3S. The third-order valence-electron chi connectivity index (χ3n) is 5.26. The monoisotopic (exact) mass is 380 g/mol. The summed E-state index contributed by atoms with van der Waals surface area (Å²) in [6, 6.07) is 6.20. The zero-order valence-corrected chi connectivity index (χ0v) is 17.4. The predicted molar refractivity (Wildman–Crippen MR) is 105 cm³/mol. The lowest BCUT2D eigenvalue weighted by molar-refractivity contribution is 0.0657. The van der Waals surface area contributed by atoms with Crippen molar-refractivity contribution < 1.29 is 13.2 Å². The van der Waals surface area contributed by atoms with E-state index in [9.17, 15) is 13.2 Å². The molecule has 1 saturated heterocycles. The van der Waals surface area contributed by atoms with Crippen molar-refractivity contribution in [3.63, 3.8) is 0 Å². The lowest BCUT2D eigenvalue weighted by Crippen LogP contribution is -2.54. The number of benzene rings is 1. The summed E-state index contributed by atoms with van der Waals surface area (Å²) in [6.07, 6.45) is 2.47. The molecule has 26 heavy (non-hydrogen) atoms. The van der Waals surface area contributed by atoms with E-state index in [1.54, 1.807) is 26.0 Å². The van der Waals surface area contributed by atoms with E-state index >= 15 is 0 Å². The SMILES string of the molecule is CC1CCCN(C(C)(C)CNC(=O)c2ccc(S(=O)(=O)C(C)C)cc2)C1. The van der Waals surface area contributed by atoms with E-state index < -0.39 is 15.1 Å². The van der Waals surface area contributed by atoms with Crippen LogP contribution in [0, 0.1) is 5.92 Å². The maximum absolute atomic E-state index is 12.5. The Morgan fingerprint density at radius 3 is 2.42 bits per heavy atom. The molecule has 146 valence electrons. The molecule has 1 unspecified atom stereocenters. The van der Waals surface area contributed by atoms with Gasteiger partial charge in [0.2, 0.25) is 0 Å². The largest absolute Gasteiger partial charge is 0.350 e. The fourth-order valence-corrected chi connectivity index (χ4v) is 4.38. The minimum absolute atomic E-state index is 0.106. The zero-order valence-electron chi connectivity index (χ0n) is 16.6. The molecular weight excluding hydrogens is 348 g/mol.